The molecule has 0 unspecified atom stereocenters. The lowest BCUT2D eigenvalue weighted by atomic mass is 10.1. The highest BCUT2D eigenvalue weighted by molar-refractivity contribution is 5.91. The summed E-state index contributed by atoms with van der Waals surface area (Å²) in [6, 6.07) is 6.47. The van der Waals surface area contributed by atoms with Crippen molar-refractivity contribution in [2.75, 3.05) is 50.1 Å². The van der Waals surface area contributed by atoms with Gasteiger partial charge in [-0.25, -0.2) is 19.9 Å². The van der Waals surface area contributed by atoms with Crippen molar-refractivity contribution in [2.24, 2.45) is 0 Å². The van der Waals surface area contributed by atoms with Crippen molar-refractivity contribution in [3.05, 3.63) is 48.8 Å². The highest BCUT2D eigenvalue weighted by Gasteiger charge is 2.18. The van der Waals surface area contributed by atoms with Crippen molar-refractivity contribution in [1.29, 1.82) is 0 Å². The largest absolute Gasteiger partial charge is 0.369 e. The summed E-state index contributed by atoms with van der Waals surface area (Å²) in [6.07, 6.45) is 6.99. The Bertz CT molecular complexity index is 873. The SMILES string of the molecule is CN(C)c1ncnc2ccc(N3CCN(Cc4cncnc4)CC3)cc12. The molecule has 0 aliphatic carbocycles. The van der Waals surface area contributed by atoms with Crippen LogP contribution in [0.3, 0.4) is 0 Å². The first-order valence-electron chi connectivity index (χ1n) is 8.84. The second kappa shape index (κ2) is 7.21. The minimum atomic E-state index is 0.908. The second-order valence-corrected chi connectivity index (χ2v) is 6.80. The van der Waals surface area contributed by atoms with Crippen LogP contribution in [-0.2, 0) is 6.54 Å². The third-order valence-corrected chi connectivity index (χ3v) is 4.78. The normalized spacial score (nSPS) is 15.4. The Balaban J connectivity index is 1.48. The summed E-state index contributed by atoms with van der Waals surface area (Å²) in [5, 5.41) is 1.10. The molecule has 0 saturated carbocycles. The van der Waals surface area contributed by atoms with Crippen molar-refractivity contribution in [3.8, 4) is 0 Å². The van der Waals surface area contributed by atoms with Crippen LogP contribution in [0.2, 0.25) is 0 Å². The van der Waals surface area contributed by atoms with Crippen LogP contribution in [0.4, 0.5) is 11.5 Å². The molecule has 0 spiro atoms. The zero-order chi connectivity index (χ0) is 17.9. The molecule has 134 valence electrons. The average Bonchev–Trinajstić information content (AvgIpc) is 2.68. The first-order valence-corrected chi connectivity index (χ1v) is 8.84. The van der Waals surface area contributed by atoms with E-state index in [1.165, 1.54) is 11.3 Å². The molecule has 2 aromatic heterocycles. The number of nitrogens with zero attached hydrogens (tertiary/aromatic N) is 7. The summed E-state index contributed by atoms with van der Waals surface area (Å²) in [6.45, 7) is 4.97. The lowest BCUT2D eigenvalue weighted by Gasteiger charge is -2.36. The molecule has 0 N–H and O–H groups in total. The maximum Gasteiger partial charge on any atom is 0.139 e. The lowest BCUT2D eigenvalue weighted by Crippen LogP contribution is -2.46. The van der Waals surface area contributed by atoms with Gasteiger partial charge in [0.25, 0.3) is 0 Å². The Kier molecular flexibility index (Phi) is 4.62. The zero-order valence-electron chi connectivity index (χ0n) is 15.2. The summed E-state index contributed by atoms with van der Waals surface area (Å²) in [4.78, 5) is 23.9. The van der Waals surface area contributed by atoms with Crippen LogP contribution in [0, 0.1) is 0 Å². The zero-order valence-corrected chi connectivity index (χ0v) is 15.2. The summed E-state index contributed by atoms with van der Waals surface area (Å²) in [5.41, 5.74) is 3.38. The van der Waals surface area contributed by atoms with Gasteiger partial charge in [-0.05, 0) is 18.2 Å². The van der Waals surface area contributed by atoms with E-state index in [1.54, 1.807) is 12.7 Å². The minimum absolute atomic E-state index is 0.908. The molecule has 1 aliphatic heterocycles. The van der Waals surface area contributed by atoms with Gasteiger partial charge in [0.1, 0.15) is 18.5 Å². The van der Waals surface area contributed by atoms with Crippen molar-refractivity contribution in [1.82, 2.24) is 24.8 Å². The topological polar surface area (TPSA) is 61.3 Å². The van der Waals surface area contributed by atoms with E-state index in [-0.39, 0.29) is 0 Å². The molecule has 0 bridgehead atoms. The van der Waals surface area contributed by atoms with Gasteiger partial charge in [-0.15, -0.1) is 0 Å². The van der Waals surface area contributed by atoms with E-state index in [1.807, 2.05) is 31.4 Å². The average molecular weight is 349 g/mol. The highest BCUT2D eigenvalue weighted by Crippen LogP contribution is 2.27. The molecule has 0 amide bonds. The third-order valence-electron chi connectivity index (χ3n) is 4.78. The smallest absolute Gasteiger partial charge is 0.139 e. The first kappa shape index (κ1) is 16.7. The van der Waals surface area contributed by atoms with Gasteiger partial charge in [0.05, 0.1) is 5.52 Å². The molecular formula is C19H23N7. The number of rotatable bonds is 4. The third kappa shape index (κ3) is 3.43. The fraction of sp³-hybridized carbons (Fsp3) is 0.368. The molecule has 4 rings (SSSR count). The molecular weight excluding hydrogens is 326 g/mol. The standard InChI is InChI=1S/C19H23N7/c1-24(2)19-17-9-16(3-4-18(17)22-14-23-19)26-7-5-25(6-8-26)12-15-10-20-13-21-11-15/h3-4,9-11,13-14H,5-8,12H2,1-2H3. The van der Waals surface area contributed by atoms with E-state index >= 15 is 0 Å². The summed E-state index contributed by atoms with van der Waals surface area (Å²) in [5.74, 6) is 0.958. The molecule has 7 nitrogen and oxygen atoms in total. The number of anilines is 2. The van der Waals surface area contributed by atoms with Crippen LogP contribution < -0.4 is 9.80 Å². The van der Waals surface area contributed by atoms with Gasteiger partial charge in [0.15, 0.2) is 0 Å². The van der Waals surface area contributed by atoms with Gasteiger partial charge in [0, 0.05) is 75.8 Å². The Labute approximate surface area is 153 Å². The predicted octanol–water partition coefficient (Wildman–Crippen LogP) is 1.81. The van der Waals surface area contributed by atoms with Gasteiger partial charge in [-0.2, -0.15) is 0 Å². The maximum atomic E-state index is 4.43. The van der Waals surface area contributed by atoms with Gasteiger partial charge in [-0.3, -0.25) is 4.90 Å². The van der Waals surface area contributed by atoms with Crippen LogP contribution in [0.25, 0.3) is 10.9 Å². The van der Waals surface area contributed by atoms with E-state index in [4.69, 9.17) is 0 Å². The number of benzene rings is 1. The fourth-order valence-corrected chi connectivity index (χ4v) is 3.42. The molecule has 3 heterocycles. The van der Waals surface area contributed by atoms with E-state index in [0.717, 1.165) is 49.4 Å². The van der Waals surface area contributed by atoms with Crippen molar-refractivity contribution in [3.63, 3.8) is 0 Å². The van der Waals surface area contributed by atoms with Crippen molar-refractivity contribution < 1.29 is 0 Å². The maximum absolute atomic E-state index is 4.43. The summed E-state index contributed by atoms with van der Waals surface area (Å²) in [7, 11) is 4.03. The van der Waals surface area contributed by atoms with E-state index in [2.05, 4.69) is 47.9 Å². The summed E-state index contributed by atoms with van der Waals surface area (Å²) >= 11 is 0. The van der Waals surface area contributed by atoms with Crippen LogP contribution in [0.15, 0.2) is 43.2 Å². The van der Waals surface area contributed by atoms with Crippen molar-refractivity contribution in [2.45, 2.75) is 6.54 Å². The Morgan fingerprint density at radius 2 is 1.73 bits per heavy atom. The van der Waals surface area contributed by atoms with Crippen LogP contribution in [0.1, 0.15) is 5.56 Å². The van der Waals surface area contributed by atoms with Crippen LogP contribution in [0.5, 0.6) is 0 Å². The molecule has 7 heteroatoms. The highest BCUT2D eigenvalue weighted by atomic mass is 15.3. The molecule has 1 aromatic carbocycles. The predicted molar refractivity (Wildman–Crippen MR) is 103 cm³/mol. The molecule has 0 atom stereocenters. The van der Waals surface area contributed by atoms with Crippen molar-refractivity contribution >= 4 is 22.4 Å². The number of hydrogen-bond acceptors (Lipinski definition) is 7. The van der Waals surface area contributed by atoms with Gasteiger partial charge >= 0.3 is 0 Å². The minimum Gasteiger partial charge on any atom is -0.369 e. The molecule has 1 fully saturated rings. The van der Waals surface area contributed by atoms with Crippen LogP contribution >= 0.6 is 0 Å². The molecule has 1 saturated heterocycles. The van der Waals surface area contributed by atoms with Gasteiger partial charge in [0.2, 0.25) is 0 Å². The molecule has 26 heavy (non-hydrogen) atoms. The quantitative estimate of drug-likeness (QED) is 0.712. The van der Waals surface area contributed by atoms with E-state index in [9.17, 15) is 0 Å². The van der Waals surface area contributed by atoms with E-state index in [0.29, 0.717) is 0 Å². The van der Waals surface area contributed by atoms with Gasteiger partial charge in [-0.1, -0.05) is 0 Å². The Hall–Kier alpha value is -2.80. The van der Waals surface area contributed by atoms with Crippen LogP contribution in [-0.4, -0.2) is 65.1 Å². The second-order valence-electron chi connectivity index (χ2n) is 6.80. The number of fused-ring (bicyclic) bond motifs is 1. The monoisotopic (exact) mass is 349 g/mol. The summed E-state index contributed by atoms with van der Waals surface area (Å²) < 4.78 is 0. The Morgan fingerprint density at radius 1 is 0.962 bits per heavy atom. The first-order chi connectivity index (χ1) is 12.7. The van der Waals surface area contributed by atoms with E-state index < -0.39 is 0 Å². The van der Waals surface area contributed by atoms with Gasteiger partial charge < -0.3 is 9.80 Å². The molecule has 1 aliphatic rings. The Morgan fingerprint density at radius 3 is 2.46 bits per heavy atom. The fourth-order valence-electron chi connectivity index (χ4n) is 3.42. The number of hydrogen-bond donors (Lipinski definition) is 0. The lowest BCUT2D eigenvalue weighted by molar-refractivity contribution is 0.249. The molecule has 0 radical (unpaired) electrons. The number of aromatic nitrogens is 4. The number of piperazine rings is 1. The molecule has 3 aromatic rings.